The smallest absolute Gasteiger partial charge is 0.213 e. The number of likely N-dealkylation sites (tertiary alicyclic amines) is 1. The molecule has 1 aromatic heterocycles. The Kier molecular flexibility index (Phi) is 5.90. The van der Waals surface area contributed by atoms with Crippen molar-refractivity contribution < 1.29 is 9.84 Å². The summed E-state index contributed by atoms with van der Waals surface area (Å²) >= 11 is 0. The molecule has 2 heterocycles. The van der Waals surface area contributed by atoms with Gasteiger partial charge in [-0.3, -0.25) is 4.90 Å². The first-order valence-electron chi connectivity index (χ1n) is 11.5. The minimum Gasteiger partial charge on any atom is -0.508 e. The van der Waals surface area contributed by atoms with E-state index in [0.29, 0.717) is 24.2 Å². The first-order chi connectivity index (χ1) is 15.3. The third-order valence-corrected chi connectivity index (χ3v) is 6.74. The van der Waals surface area contributed by atoms with Gasteiger partial charge in [-0.1, -0.05) is 42.5 Å². The second kappa shape index (κ2) is 9.11. The summed E-state index contributed by atoms with van der Waals surface area (Å²) in [7, 11) is 0. The van der Waals surface area contributed by atoms with E-state index in [4.69, 9.17) is 9.72 Å². The van der Waals surface area contributed by atoms with E-state index in [0.717, 1.165) is 25.1 Å². The zero-order chi connectivity index (χ0) is 21.0. The van der Waals surface area contributed by atoms with Gasteiger partial charge in [-0.25, -0.2) is 4.98 Å². The molecule has 3 aromatic rings. The largest absolute Gasteiger partial charge is 0.508 e. The molecule has 0 spiro atoms. The van der Waals surface area contributed by atoms with E-state index >= 15 is 0 Å². The van der Waals surface area contributed by atoms with Gasteiger partial charge in [0.1, 0.15) is 12.4 Å². The summed E-state index contributed by atoms with van der Waals surface area (Å²) in [4.78, 5) is 7.41. The molecule has 1 saturated heterocycles. The van der Waals surface area contributed by atoms with Gasteiger partial charge < -0.3 is 9.84 Å². The number of rotatable bonds is 6. The van der Waals surface area contributed by atoms with Gasteiger partial charge in [0.05, 0.1) is 5.69 Å². The standard InChI is InChI=1S/C27H30N2O2/c30-22-12-14-24-21(19-22)11-13-23(20-7-2-1-3-8-20)27(24)25-9-6-10-26(28-25)31-18-17-29-15-4-5-16-29/h1-3,6-10,12,14,19,23,27,30H,4-5,11,13,15-18H2/t23-,27+/m0/s1. The third-order valence-electron chi connectivity index (χ3n) is 6.74. The lowest BCUT2D eigenvalue weighted by Gasteiger charge is -2.34. The van der Waals surface area contributed by atoms with E-state index in [1.165, 1.54) is 42.6 Å². The van der Waals surface area contributed by atoms with E-state index in [9.17, 15) is 5.11 Å². The summed E-state index contributed by atoms with van der Waals surface area (Å²) in [6.45, 7) is 4.00. The molecular weight excluding hydrogens is 384 g/mol. The Morgan fingerprint density at radius 1 is 0.968 bits per heavy atom. The van der Waals surface area contributed by atoms with Crippen molar-refractivity contribution in [1.82, 2.24) is 9.88 Å². The van der Waals surface area contributed by atoms with Crippen LogP contribution < -0.4 is 4.74 Å². The Hall–Kier alpha value is -2.85. The number of aryl methyl sites for hydroxylation is 1. The Bertz CT molecular complexity index is 1010. The Balaban J connectivity index is 1.44. The highest BCUT2D eigenvalue weighted by Crippen LogP contribution is 2.46. The van der Waals surface area contributed by atoms with Gasteiger partial charge >= 0.3 is 0 Å². The Morgan fingerprint density at radius 2 is 1.81 bits per heavy atom. The zero-order valence-corrected chi connectivity index (χ0v) is 17.9. The summed E-state index contributed by atoms with van der Waals surface area (Å²) in [5.41, 5.74) is 4.87. The number of phenolic OH excluding ortho intramolecular Hbond substituents is 1. The van der Waals surface area contributed by atoms with Gasteiger partial charge in [0.15, 0.2) is 0 Å². The van der Waals surface area contributed by atoms with Crippen molar-refractivity contribution in [3.63, 3.8) is 0 Å². The highest BCUT2D eigenvalue weighted by Gasteiger charge is 2.33. The van der Waals surface area contributed by atoms with Crippen LogP contribution in [0.4, 0.5) is 0 Å². The third kappa shape index (κ3) is 4.45. The summed E-state index contributed by atoms with van der Waals surface area (Å²) in [6.07, 6.45) is 4.59. The van der Waals surface area contributed by atoms with Crippen LogP contribution in [0.3, 0.4) is 0 Å². The van der Waals surface area contributed by atoms with Crippen molar-refractivity contribution in [2.75, 3.05) is 26.2 Å². The minimum absolute atomic E-state index is 0.147. The van der Waals surface area contributed by atoms with Crippen LogP contribution in [0.25, 0.3) is 0 Å². The van der Waals surface area contributed by atoms with Crippen LogP contribution in [-0.2, 0) is 6.42 Å². The van der Waals surface area contributed by atoms with Gasteiger partial charge in [-0.15, -0.1) is 0 Å². The lowest BCUT2D eigenvalue weighted by Crippen LogP contribution is -2.25. The van der Waals surface area contributed by atoms with Crippen LogP contribution in [-0.4, -0.2) is 41.2 Å². The second-order valence-corrected chi connectivity index (χ2v) is 8.71. The number of ether oxygens (including phenoxy) is 1. The second-order valence-electron chi connectivity index (χ2n) is 8.71. The van der Waals surface area contributed by atoms with Crippen LogP contribution in [0, 0.1) is 0 Å². The summed E-state index contributed by atoms with van der Waals surface area (Å²) in [5.74, 6) is 1.54. The molecule has 1 fully saturated rings. The van der Waals surface area contributed by atoms with Gasteiger partial charge in [0, 0.05) is 18.5 Å². The zero-order valence-electron chi connectivity index (χ0n) is 17.9. The van der Waals surface area contributed by atoms with Crippen molar-refractivity contribution in [1.29, 1.82) is 0 Å². The molecular formula is C27H30N2O2. The van der Waals surface area contributed by atoms with Crippen molar-refractivity contribution in [2.45, 2.75) is 37.5 Å². The molecule has 1 N–H and O–H groups in total. The lowest BCUT2D eigenvalue weighted by molar-refractivity contribution is 0.231. The lowest BCUT2D eigenvalue weighted by atomic mass is 9.70. The van der Waals surface area contributed by atoms with E-state index in [-0.39, 0.29) is 5.92 Å². The molecule has 5 rings (SSSR count). The molecule has 0 saturated carbocycles. The quantitative estimate of drug-likeness (QED) is 0.608. The normalized spacial score (nSPS) is 21.0. The fourth-order valence-electron chi connectivity index (χ4n) is 5.20. The molecule has 4 nitrogen and oxygen atoms in total. The van der Waals surface area contributed by atoms with Crippen LogP contribution in [0.15, 0.2) is 66.7 Å². The minimum atomic E-state index is 0.147. The maximum Gasteiger partial charge on any atom is 0.213 e. The number of hydrogen-bond acceptors (Lipinski definition) is 4. The number of aromatic hydroxyl groups is 1. The van der Waals surface area contributed by atoms with Crippen molar-refractivity contribution in [3.05, 3.63) is 89.1 Å². The summed E-state index contributed by atoms with van der Waals surface area (Å²) < 4.78 is 6.05. The highest BCUT2D eigenvalue weighted by molar-refractivity contribution is 5.46. The summed E-state index contributed by atoms with van der Waals surface area (Å²) in [6, 6.07) is 22.7. The fourth-order valence-corrected chi connectivity index (χ4v) is 5.20. The van der Waals surface area contributed by atoms with Crippen molar-refractivity contribution in [3.8, 4) is 11.6 Å². The molecule has 0 amide bonds. The average molecular weight is 415 g/mol. The summed E-state index contributed by atoms with van der Waals surface area (Å²) in [5, 5.41) is 10.0. The van der Waals surface area contributed by atoms with E-state index < -0.39 is 0 Å². The monoisotopic (exact) mass is 414 g/mol. The fraction of sp³-hybridized carbons (Fsp3) is 0.370. The maximum atomic E-state index is 10.0. The Labute approximate surface area is 184 Å². The molecule has 1 aliphatic heterocycles. The number of fused-ring (bicyclic) bond motifs is 1. The topological polar surface area (TPSA) is 45.6 Å². The molecule has 2 aromatic carbocycles. The van der Waals surface area contributed by atoms with Crippen LogP contribution in [0.1, 0.15) is 53.5 Å². The molecule has 4 heteroatoms. The highest BCUT2D eigenvalue weighted by atomic mass is 16.5. The van der Waals surface area contributed by atoms with Crippen molar-refractivity contribution >= 4 is 0 Å². The first-order valence-corrected chi connectivity index (χ1v) is 11.5. The average Bonchev–Trinajstić information content (AvgIpc) is 3.32. The molecule has 2 aliphatic rings. The maximum absolute atomic E-state index is 10.0. The van der Waals surface area contributed by atoms with E-state index in [2.05, 4.69) is 53.4 Å². The van der Waals surface area contributed by atoms with E-state index in [1.807, 2.05) is 12.1 Å². The van der Waals surface area contributed by atoms with E-state index in [1.54, 1.807) is 6.07 Å². The number of pyridine rings is 1. The molecule has 0 unspecified atom stereocenters. The number of hydrogen-bond donors (Lipinski definition) is 1. The van der Waals surface area contributed by atoms with Gasteiger partial charge in [0.2, 0.25) is 5.88 Å². The van der Waals surface area contributed by atoms with Crippen LogP contribution in [0.2, 0.25) is 0 Å². The van der Waals surface area contributed by atoms with Crippen molar-refractivity contribution in [2.24, 2.45) is 0 Å². The predicted octanol–water partition coefficient (Wildman–Crippen LogP) is 5.12. The molecule has 160 valence electrons. The molecule has 1 aliphatic carbocycles. The predicted molar refractivity (Wildman–Crippen MR) is 123 cm³/mol. The molecule has 2 atom stereocenters. The number of phenols is 1. The van der Waals surface area contributed by atoms with Crippen LogP contribution >= 0.6 is 0 Å². The van der Waals surface area contributed by atoms with Gasteiger partial charge in [-0.05, 0) is 79.6 Å². The van der Waals surface area contributed by atoms with Gasteiger partial charge in [-0.2, -0.15) is 0 Å². The molecule has 0 radical (unpaired) electrons. The SMILES string of the molecule is Oc1ccc2c(c1)CC[C@@H](c1ccccc1)[C@H]2c1cccc(OCCN2CCCC2)n1. The van der Waals surface area contributed by atoms with Gasteiger partial charge in [0.25, 0.3) is 0 Å². The number of benzene rings is 2. The number of nitrogens with zero attached hydrogens (tertiary/aromatic N) is 2. The molecule has 31 heavy (non-hydrogen) atoms. The first kappa shape index (κ1) is 20.1. The molecule has 0 bridgehead atoms. The Morgan fingerprint density at radius 3 is 2.65 bits per heavy atom. The van der Waals surface area contributed by atoms with Crippen LogP contribution in [0.5, 0.6) is 11.6 Å². The number of aromatic nitrogens is 1.